The molecule has 1 saturated heterocycles. The van der Waals surface area contributed by atoms with Crippen LogP contribution in [0.2, 0.25) is 0 Å². The van der Waals surface area contributed by atoms with Crippen molar-refractivity contribution < 1.29 is 5.11 Å². The summed E-state index contributed by atoms with van der Waals surface area (Å²) in [5.74, 6) is 1.31. The number of phenolic OH excluding ortho intramolecular Hbond substituents is 1. The largest absolute Gasteiger partial charge is 0.508 e. The van der Waals surface area contributed by atoms with E-state index in [9.17, 15) is 5.11 Å². The van der Waals surface area contributed by atoms with Gasteiger partial charge in [-0.25, -0.2) is 0 Å². The fourth-order valence-corrected chi connectivity index (χ4v) is 4.12. The van der Waals surface area contributed by atoms with Gasteiger partial charge in [0.05, 0.1) is 0 Å². The SMILES string of the molecule is CC(c1cccc(O)c1)N1CCCC2CCCCC21. The molecule has 0 amide bonds. The Kier molecular flexibility index (Phi) is 3.79. The minimum atomic E-state index is 0.390. The van der Waals surface area contributed by atoms with Gasteiger partial charge in [-0.1, -0.05) is 25.0 Å². The van der Waals surface area contributed by atoms with Crippen LogP contribution in [0.5, 0.6) is 5.75 Å². The molecule has 2 fully saturated rings. The Morgan fingerprint density at radius 1 is 1.16 bits per heavy atom. The molecule has 1 N–H and O–H groups in total. The topological polar surface area (TPSA) is 23.5 Å². The Bertz CT molecular complexity index is 429. The lowest BCUT2D eigenvalue weighted by Gasteiger charge is -2.47. The van der Waals surface area contributed by atoms with E-state index in [2.05, 4.69) is 17.9 Å². The summed E-state index contributed by atoms with van der Waals surface area (Å²) < 4.78 is 0. The molecule has 0 radical (unpaired) electrons. The second kappa shape index (κ2) is 5.54. The smallest absolute Gasteiger partial charge is 0.115 e. The first-order chi connectivity index (χ1) is 9.25. The molecule has 104 valence electrons. The van der Waals surface area contributed by atoms with E-state index in [4.69, 9.17) is 0 Å². The van der Waals surface area contributed by atoms with Crippen LogP contribution in [-0.4, -0.2) is 22.6 Å². The monoisotopic (exact) mass is 259 g/mol. The Hall–Kier alpha value is -1.02. The highest BCUT2D eigenvalue weighted by Gasteiger charge is 2.35. The lowest BCUT2D eigenvalue weighted by Crippen LogP contribution is -2.47. The molecule has 3 unspecified atom stereocenters. The number of likely N-dealkylation sites (tertiary alicyclic amines) is 1. The number of phenols is 1. The van der Waals surface area contributed by atoms with Crippen molar-refractivity contribution in [2.24, 2.45) is 5.92 Å². The standard InChI is InChI=1S/C17H25NO/c1-13(15-7-4-9-16(19)12-15)18-11-5-8-14-6-2-3-10-17(14)18/h4,7,9,12-14,17,19H,2-3,5-6,8,10-11H2,1H3. The van der Waals surface area contributed by atoms with Crippen LogP contribution < -0.4 is 0 Å². The maximum Gasteiger partial charge on any atom is 0.115 e. The molecule has 3 atom stereocenters. The van der Waals surface area contributed by atoms with E-state index in [1.54, 1.807) is 6.07 Å². The molecule has 19 heavy (non-hydrogen) atoms. The minimum absolute atomic E-state index is 0.390. The third-order valence-corrected chi connectivity index (χ3v) is 5.14. The molecule has 1 heterocycles. The lowest BCUT2D eigenvalue weighted by atomic mass is 9.77. The molecule has 3 rings (SSSR count). The molecule has 1 saturated carbocycles. The molecular weight excluding hydrogens is 234 g/mol. The summed E-state index contributed by atoms with van der Waals surface area (Å²) in [5.41, 5.74) is 1.26. The molecule has 1 aliphatic carbocycles. The molecule has 0 bridgehead atoms. The Morgan fingerprint density at radius 3 is 2.79 bits per heavy atom. The van der Waals surface area contributed by atoms with Crippen molar-refractivity contribution in [3.63, 3.8) is 0 Å². The third-order valence-electron chi connectivity index (χ3n) is 5.14. The van der Waals surface area contributed by atoms with Crippen molar-refractivity contribution in [1.29, 1.82) is 0 Å². The van der Waals surface area contributed by atoms with Gasteiger partial charge in [0.1, 0.15) is 5.75 Å². The van der Waals surface area contributed by atoms with E-state index >= 15 is 0 Å². The fraction of sp³-hybridized carbons (Fsp3) is 0.647. The van der Waals surface area contributed by atoms with Crippen LogP contribution in [0, 0.1) is 5.92 Å². The van der Waals surface area contributed by atoms with Crippen molar-refractivity contribution in [3.8, 4) is 5.75 Å². The second-order valence-corrected chi connectivity index (χ2v) is 6.26. The van der Waals surface area contributed by atoms with Gasteiger partial charge in [-0.2, -0.15) is 0 Å². The Morgan fingerprint density at radius 2 is 1.95 bits per heavy atom. The predicted octanol–water partition coefficient (Wildman–Crippen LogP) is 4.11. The van der Waals surface area contributed by atoms with E-state index in [0.29, 0.717) is 11.8 Å². The average Bonchev–Trinajstić information content (AvgIpc) is 2.46. The number of hydrogen-bond acceptors (Lipinski definition) is 2. The Balaban J connectivity index is 1.79. The molecule has 2 nitrogen and oxygen atoms in total. The maximum absolute atomic E-state index is 9.67. The van der Waals surface area contributed by atoms with Crippen LogP contribution in [0.4, 0.5) is 0 Å². The van der Waals surface area contributed by atoms with Crippen LogP contribution in [0.3, 0.4) is 0 Å². The summed E-state index contributed by atoms with van der Waals surface area (Å²) in [5, 5.41) is 9.67. The number of hydrogen-bond donors (Lipinski definition) is 1. The first kappa shape index (κ1) is 13.0. The summed E-state index contributed by atoms with van der Waals surface area (Å²) >= 11 is 0. The molecule has 2 heteroatoms. The number of nitrogens with zero attached hydrogens (tertiary/aromatic N) is 1. The van der Waals surface area contributed by atoms with E-state index in [-0.39, 0.29) is 0 Å². The quantitative estimate of drug-likeness (QED) is 0.864. The third kappa shape index (κ3) is 2.64. The molecular formula is C17H25NO. The highest BCUT2D eigenvalue weighted by atomic mass is 16.3. The van der Waals surface area contributed by atoms with Crippen LogP contribution >= 0.6 is 0 Å². The maximum atomic E-state index is 9.67. The summed E-state index contributed by atoms with van der Waals surface area (Å²) in [6, 6.07) is 9.01. The van der Waals surface area contributed by atoms with Gasteiger partial charge >= 0.3 is 0 Å². The van der Waals surface area contributed by atoms with Crippen LogP contribution in [0.15, 0.2) is 24.3 Å². The molecule has 1 aliphatic heterocycles. The molecule has 2 aliphatic rings. The zero-order valence-corrected chi connectivity index (χ0v) is 11.9. The van der Waals surface area contributed by atoms with Crippen molar-refractivity contribution in [2.45, 2.75) is 57.5 Å². The van der Waals surface area contributed by atoms with Gasteiger partial charge in [0.2, 0.25) is 0 Å². The minimum Gasteiger partial charge on any atom is -0.508 e. The lowest BCUT2D eigenvalue weighted by molar-refractivity contribution is 0.0308. The number of rotatable bonds is 2. The average molecular weight is 259 g/mol. The van der Waals surface area contributed by atoms with Crippen molar-refractivity contribution in [1.82, 2.24) is 4.90 Å². The highest BCUT2D eigenvalue weighted by molar-refractivity contribution is 5.29. The Labute approximate surface area is 116 Å². The predicted molar refractivity (Wildman–Crippen MR) is 78.2 cm³/mol. The van der Waals surface area contributed by atoms with Crippen LogP contribution in [0.25, 0.3) is 0 Å². The van der Waals surface area contributed by atoms with Gasteiger partial charge in [0, 0.05) is 12.1 Å². The number of piperidine rings is 1. The van der Waals surface area contributed by atoms with Crippen LogP contribution in [-0.2, 0) is 0 Å². The van der Waals surface area contributed by atoms with Crippen molar-refractivity contribution in [3.05, 3.63) is 29.8 Å². The van der Waals surface area contributed by atoms with E-state index < -0.39 is 0 Å². The second-order valence-electron chi connectivity index (χ2n) is 6.26. The van der Waals surface area contributed by atoms with Gasteiger partial charge in [0.25, 0.3) is 0 Å². The van der Waals surface area contributed by atoms with Crippen molar-refractivity contribution in [2.75, 3.05) is 6.54 Å². The highest BCUT2D eigenvalue weighted by Crippen LogP contribution is 2.39. The summed E-state index contributed by atoms with van der Waals surface area (Å²) in [6.45, 7) is 3.52. The van der Waals surface area contributed by atoms with Gasteiger partial charge in [0.15, 0.2) is 0 Å². The summed E-state index contributed by atoms with van der Waals surface area (Å²) in [4.78, 5) is 2.70. The number of aromatic hydroxyl groups is 1. The molecule has 0 spiro atoms. The summed E-state index contributed by atoms with van der Waals surface area (Å²) in [6.07, 6.45) is 8.37. The van der Waals surface area contributed by atoms with Crippen molar-refractivity contribution >= 4 is 0 Å². The van der Waals surface area contributed by atoms with E-state index in [0.717, 1.165) is 12.0 Å². The van der Waals surface area contributed by atoms with E-state index in [1.807, 2.05) is 12.1 Å². The fourth-order valence-electron chi connectivity index (χ4n) is 4.12. The van der Waals surface area contributed by atoms with Gasteiger partial charge in [-0.3, -0.25) is 4.90 Å². The molecule has 1 aromatic rings. The molecule has 0 aromatic heterocycles. The zero-order chi connectivity index (χ0) is 13.2. The summed E-state index contributed by atoms with van der Waals surface area (Å²) in [7, 11) is 0. The number of benzene rings is 1. The first-order valence-corrected chi connectivity index (χ1v) is 7.80. The van der Waals surface area contributed by atoms with Gasteiger partial charge in [-0.15, -0.1) is 0 Å². The van der Waals surface area contributed by atoms with Gasteiger partial charge < -0.3 is 5.11 Å². The zero-order valence-electron chi connectivity index (χ0n) is 11.9. The van der Waals surface area contributed by atoms with E-state index in [1.165, 1.54) is 50.6 Å². The van der Waals surface area contributed by atoms with Crippen LogP contribution in [0.1, 0.15) is 57.1 Å². The normalized spacial score (nSPS) is 29.7. The first-order valence-electron chi connectivity index (χ1n) is 7.80. The molecule has 1 aromatic carbocycles. The number of fused-ring (bicyclic) bond motifs is 1. The van der Waals surface area contributed by atoms with Gasteiger partial charge in [-0.05, 0) is 62.8 Å².